The van der Waals surface area contributed by atoms with Crippen LogP contribution in [0.15, 0.2) is 42.5 Å². The van der Waals surface area contributed by atoms with Crippen LogP contribution in [0.1, 0.15) is 21.6 Å². The van der Waals surface area contributed by atoms with Crippen LogP contribution in [0.3, 0.4) is 0 Å². The van der Waals surface area contributed by atoms with E-state index in [-0.39, 0.29) is 5.78 Å². The molecule has 0 amide bonds. The number of Topliss-reactive ketones (excluding diaryl/α,β-unsaturated/α-hetero) is 1. The number of H-pyrrole nitrogens is 1. The molecule has 2 aliphatic heterocycles. The number of nitrogens with zero attached hydrogens (tertiary/aromatic N) is 2. The third-order valence-electron chi connectivity index (χ3n) is 5.85. The monoisotopic (exact) mass is 391 g/mol. The smallest absolute Gasteiger partial charge is 0.231 e. The number of ketones is 1. The first-order valence-electron chi connectivity index (χ1n) is 10.1. The number of fused-ring (bicyclic) bond motifs is 2. The van der Waals surface area contributed by atoms with Crippen LogP contribution in [0, 0.1) is 6.92 Å². The number of nitrogens with one attached hydrogen (secondary N) is 1. The van der Waals surface area contributed by atoms with E-state index in [1.807, 2.05) is 37.3 Å². The van der Waals surface area contributed by atoms with Crippen molar-refractivity contribution >= 4 is 16.7 Å². The number of piperazine rings is 1. The zero-order valence-electron chi connectivity index (χ0n) is 16.6. The van der Waals surface area contributed by atoms with Gasteiger partial charge in [0, 0.05) is 54.9 Å². The van der Waals surface area contributed by atoms with Crippen molar-refractivity contribution in [3.63, 3.8) is 0 Å². The summed E-state index contributed by atoms with van der Waals surface area (Å²) in [7, 11) is 0. The van der Waals surface area contributed by atoms with Crippen LogP contribution >= 0.6 is 0 Å². The second-order valence-corrected chi connectivity index (χ2v) is 7.83. The minimum atomic E-state index is 0.198. The van der Waals surface area contributed by atoms with Crippen LogP contribution in [-0.2, 0) is 6.54 Å². The zero-order chi connectivity index (χ0) is 19.8. The number of rotatable bonds is 5. The second-order valence-electron chi connectivity index (χ2n) is 7.83. The number of benzene rings is 2. The standard InChI is InChI=1S/C23H25N3O3/c1-16-23(18-4-2-3-5-19(18)24-16)20(27)14-26-10-8-25(9-11-26)13-17-6-7-21-22(12-17)29-15-28-21/h2-7,12,24H,8-11,13-15H2,1H3. The lowest BCUT2D eigenvalue weighted by Gasteiger charge is -2.34. The Morgan fingerprint density at radius 3 is 2.62 bits per heavy atom. The largest absolute Gasteiger partial charge is 0.454 e. The number of para-hydroxylation sites is 1. The molecule has 3 aromatic rings. The van der Waals surface area contributed by atoms with Gasteiger partial charge in [0.2, 0.25) is 6.79 Å². The van der Waals surface area contributed by atoms with Crippen molar-refractivity contribution in [1.82, 2.24) is 14.8 Å². The van der Waals surface area contributed by atoms with Gasteiger partial charge in [-0.15, -0.1) is 0 Å². The van der Waals surface area contributed by atoms with Gasteiger partial charge in [0.1, 0.15) is 0 Å². The summed E-state index contributed by atoms with van der Waals surface area (Å²) in [5, 5.41) is 1.02. The van der Waals surface area contributed by atoms with Crippen LogP contribution in [0.25, 0.3) is 10.9 Å². The molecule has 6 nitrogen and oxygen atoms in total. The Morgan fingerprint density at radius 2 is 1.76 bits per heavy atom. The molecular formula is C23H25N3O3. The van der Waals surface area contributed by atoms with Crippen LogP contribution in [-0.4, -0.2) is 60.1 Å². The van der Waals surface area contributed by atoms with Gasteiger partial charge in [-0.2, -0.15) is 0 Å². The van der Waals surface area contributed by atoms with E-state index < -0.39 is 0 Å². The highest BCUT2D eigenvalue weighted by Gasteiger charge is 2.23. The highest BCUT2D eigenvalue weighted by molar-refractivity contribution is 6.10. The first kappa shape index (κ1) is 18.2. The van der Waals surface area contributed by atoms with Crippen LogP contribution in [0.5, 0.6) is 11.5 Å². The molecule has 2 aromatic carbocycles. The zero-order valence-corrected chi connectivity index (χ0v) is 16.6. The van der Waals surface area contributed by atoms with Gasteiger partial charge < -0.3 is 14.5 Å². The molecule has 29 heavy (non-hydrogen) atoms. The topological polar surface area (TPSA) is 57.8 Å². The van der Waals surface area contributed by atoms with Gasteiger partial charge in [0.15, 0.2) is 17.3 Å². The first-order chi connectivity index (χ1) is 14.2. The van der Waals surface area contributed by atoms with Crippen molar-refractivity contribution in [3.8, 4) is 11.5 Å². The molecule has 2 aliphatic rings. The fraction of sp³-hybridized carbons (Fsp3) is 0.348. The maximum atomic E-state index is 13.0. The molecule has 0 atom stereocenters. The predicted octanol–water partition coefficient (Wildman–Crippen LogP) is 3.21. The minimum absolute atomic E-state index is 0.198. The van der Waals surface area contributed by atoms with Gasteiger partial charge >= 0.3 is 0 Å². The fourth-order valence-corrected chi connectivity index (χ4v) is 4.32. The molecule has 150 valence electrons. The number of aromatic amines is 1. The number of hydrogen-bond acceptors (Lipinski definition) is 5. The molecule has 3 heterocycles. The van der Waals surface area contributed by atoms with E-state index >= 15 is 0 Å². The highest BCUT2D eigenvalue weighted by Crippen LogP contribution is 2.33. The van der Waals surface area contributed by atoms with Crippen molar-refractivity contribution < 1.29 is 14.3 Å². The molecule has 0 unspecified atom stereocenters. The first-order valence-corrected chi connectivity index (χ1v) is 10.1. The summed E-state index contributed by atoms with van der Waals surface area (Å²) in [6.45, 7) is 7.36. The number of ether oxygens (including phenoxy) is 2. The Labute approximate surface area is 170 Å². The molecule has 6 heteroatoms. The van der Waals surface area contributed by atoms with E-state index in [0.29, 0.717) is 13.3 Å². The molecule has 0 saturated carbocycles. The van der Waals surface area contributed by atoms with Gasteiger partial charge in [0.25, 0.3) is 0 Å². The number of hydrogen-bond donors (Lipinski definition) is 1. The van der Waals surface area contributed by atoms with Crippen LogP contribution in [0.4, 0.5) is 0 Å². The van der Waals surface area contributed by atoms with E-state index in [4.69, 9.17) is 9.47 Å². The van der Waals surface area contributed by atoms with Crippen molar-refractivity contribution in [1.29, 1.82) is 0 Å². The van der Waals surface area contributed by atoms with Crippen molar-refractivity contribution in [3.05, 3.63) is 59.3 Å². The van der Waals surface area contributed by atoms with E-state index in [9.17, 15) is 4.79 Å². The molecule has 1 N–H and O–H groups in total. The summed E-state index contributed by atoms with van der Waals surface area (Å²) in [4.78, 5) is 21.0. The summed E-state index contributed by atoms with van der Waals surface area (Å²) in [5.41, 5.74) is 4.05. The average molecular weight is 391 g/mol. The maximum absolute atomic E-state index is 13.0. The number of aromatic nitrogens is 1. The Bertz CT molecular complexity index is 1050. The number of aryl methyl sites for hydroxylation is 1. The Hall–Kier alpha value is -2.83. The van der Waals surface area contributed by atoms with Gasteiger partial charge in [-0.1, -0.05) is 24.3 Å². The third kappa shape index (κ3) is 3.61. The lowest BCUT2D eigenvalue weighted by Crippen LogP contribution is -2.47. The summed E-state index contributed by atoms with van der Waals surface area (Å²) >= 11 is 0. The quantitative estimate of drug-likeness (QED) is 0.677. The summed E-state index contributed by atoms with van der Waals surface area (Å²) in [6.07, 6.45) is 0. The van der Waals surface area contributed by atoms with E-state index in [1.54, 1.807) is 0 Å². The number of carbonyl (C=O) groups excluding carboxylic acids is 1. The second kappa shape index (κ2) is 7.54. The van der Waals surface area contributed by atoms with Crippen molar-refractivity contribution in [2.24, 2.45) is 0 Å². The lowest BCUT2D eigenvalue weighted by molar-refractivity contribution is 0.0844. The highest BCUT2D eigenvalue weighted by atomic mass is 16.7. The maximum Gasteiger partial charge on any atom is 0.231 e. The molecule has 1 aromatic heterocycles. The van der Waals surface area contributed by atoms with Gasteiger partial charge in [0.05, 0.1) is 6.54 Å². The minimum Gasteiger partial charge on any atom is -0.454 e. The molecule has 0 radical (unpaired) electrons. The lowest BCUT2D eigenvalue weighted by atomic mass is 10.1. The molecule has 0 spiro atoms. The molecule has 1 fully saturated rings. The summed E-state index contributed by atoms with van der Waals surface area (Å²) in [6, 6.07) is 14.2. The fourth-order valence-electron chi connectivity index (χ4n) is 4.32. The van der Waals surface area contributed by atoms with Gasteiger partial charge in [-0.3, -0.25) is 14.6 Å². The molecule has 0 bridgehead atoms. The average Bonchev–Trinajstić information content (AvgIpc) is 3.32. The molecule has 5 rings (SSSR count). The van der Waals surface area contributed by atoms with E-state index in [2.05, 4.69) is 26.9 Å². The van der Waals surface area contributed by atoms with Crippen LogP contribution < -0.4 is 9.47 Å². The van der Waals surface area contributed by atoms with Crippen LogP contribution in [0.2, 0.25) is 0 Å². The van der Waals surface area contributed by atoms with Gasteiger partial charge in [-0.25, -0.2) is 0 Å². The molecule has 0 aliphatic carbocycles. The summed E-state index contributed by atoms with van der Waals surface area (Å²) < 4.78 is 10.9. The van der Waals surface area contributed by atoms with Crippen molar-refractivity contribution in [2.75, 3.05) is 39.5 Å². The third-order valence-corrected chi connectivity index (χ3v) is 5.85. The normalized spacial score (nSPS) is 17.1. The molecule has 1 saturated heterocycles. The molecular weight excluding hydrogens is 366 g/mol. The Morgan fingerprint density at radius 1 is 1.00 bits per heavy atom. The van der Waals surface area contributed by atoms with Gasteiger partial charge in [-0.05, 0) is 30.7 Å². The SMILES string of the molecule is Cc1[nH]c2ccccc2c1C(=O)CN1CCN(Cc2ccc3c(c2)OCO3)CC1. The Kier molecular flexibility index (Phi) is 4.73. The van der Waals surface area contributed by atoms with E-state index in [0.717, 1.165) is 66.4 Å². The van der Waals surface area contributed by atoms with E-state index in [1.165, 1.54) is 5.56 Å². The number of carbonyl (C=O) groups is 1. The van der Waals surface area contributed by atoms with Crippen molar-refractivity contribution in [2.45, 2.75) is 13.5 Å². The summed E-state index contributed by atoms with van der Waals surface area (Å²) in [5.74, 6) is 1.86. The Balaban J connectivity index is 1.19. The predicted molar refractivity (Wildman–Crippen MR) is 112 cm³/mol.